The number of carbonyl (C=O) groups excluding carboxylic acids is 1. The van der Waals surface area contributed by atoms with Gasteiger partial charge in [0.2, 0.25) is 0 Å². The zero-order valence-corrected chi connectivity index (χ0v) is 9.53. The van der Waals surface area contributed by atoms with Gasteiger partial charge in [0, 0.05) is 18.0 Å². The van der Waals surface area contributed by atoms with Crippen LogP contribution in [-0.4, -0.2) is 10.8 Å². The van der Waals surface area contributed by atoms with Gasteiger partial charge in [0.25, 0.3) is 0 Å². The Morgan fingerprint density at radius 1 is 1.12 bits per heavy atom. The fourth-order valence-corrected chi connectivity index (χ4v) is 1.81. The number of rotatable bonds is 3. The summed E-state index contributed by atoms with van der Waals surface area (Å²) < 4.78 is 0. The molecular weight excluding hydrogens is 198 g/mol. The Labute approximate surface area is 95.3 Å². The van der Waals surface area contributed by atoms with Gasteiger partial charge in [-0.25, -0.2) is 0 Å². The molecule has 1 aromatic carbocycles. The molecule has 0 aliphatic carbocycles. The van der Waals surface area contributed by atoms with E-state index in [4.69, 9.17) is 0 Å². The lowest BCUT2D eigenvalue weighted by molar-refractivity contribution is 0.0909. The Morgan fingerprint density at radius 3 is 2.38 bits per heavy atom. The van der Waals surface area contributed by atoms with Crippen molar-refractivity contribution >= 4 is 5.78 Å². The molecule has 2 rings (SSSR count). The molecule has 2 aromatic rings. The molecule has 0 atom stereocenters. The predicted molar refractivity (Wildman–Crippen MR) is 64.6 cm³/mol. The second-order valence-corrected chi connectivity index (χ2v) is 4.42. The van der Waals surface area contributed by atoms with E-state index in [1.54, 1.807) is 12.4 Å². The molecule has 2 heteroatoms. The van der Waals surface area contributed by atoms with Gasteiger partial charge in [-0.2, -0.15) is 0 Å². The van der Waals surface area contributed by atoms with Gasteiger partial charge in [-0.15, -0.1) is 0 Å². The summed E-state index contributed by atoms with van der Waals surface area (Å²) >= 11 is 0. The minimum Gasteiger partial charge on any atom is -0.367 e. The van der Waals surface area contributed by atoms with E-state index < -0.39 is 5.41 Å². The first-order valence-electron chi connectivity index (χ1n) is 5.35. The van der Waals surface area contributed by atoms with Crippen molar-refractivity contribution in [3.8, 4) is 0 Å². The van der Waals surface area contributed by atoms with Crippen molar-refractivity contribution in [1.29, 1.82) is 0 Å². The van der Waals surface area contributed by atoms with Crippen LogP contribution >= 0.6 is 0 Å². The van der Waals surface area contributed by atoms with Crippen LogP contribution in [0, 0.1) is 0 Å². The normalized spacial score (nSPS) is 11.4. The molecule has 0 spiro atoms. The average molecular weight is 213 g/mol. The molecule has 16 heavy (non-hydrogen) atoms. The molecule has 0 aliphatic rings. The van der Waals surface area contributed by atoms with E-state index in [9.17, 15) is 4.79 Å². The van der Waals surface area contributed by atoms with Crippen molar-refractivity contribution < 1.29 is 4.79 Å². The highest BCUT2D eigenvalue weighted by atomic mass is 16.1. The third kappa shape index (κ3) is 1.78. The smallest absolute Gasteiger partial charge is 0.174 e. The van der Waals surface area contributed by atoms with Gasteiger partial charge >= 0.3 is 0 Å². The highest BCUT2D eigenvalue weighted by Crippen LogP contribution is 2.27. The number of aromatic amines is 1. The van der Waals surface area contributed by atoms with Gasteiger partial charge in [-0.1, -0.05) is 30.3 Å². The molecule has 0 saturated heterocycles. The van der Waals surface area contributed by atoms with Crippen molar-refractivity contribution in [1.82, 2.24) is 4.98 Å². The zero-order valence-electron chi connectivity index (χ0n) is 9.53. The van der Waals surface area contributed by atoms with Gasteiger partial charge < -0.3 is 4.98 Å². The van der Waals surface area contributed by atoms with Gasteiger partial charge in [0.1, 0.15) is 0 Å². The molecule has 0 unspecified atom stereocenters. The van der Waals surface area contributed by atoms with Crippen LogP contribution in [0.4, 0.5) is 0 Å². The van der Waals surface area contributed by atoms with Gasteiger partial charge in [-0.05, 0) is 25.5 Å². The predicted octanol–water partition coefficient (Wildman–Crippen LogP) is 3.18. The monoisotopic (exact) mass is 213 g/mol. The molecule has 0 aliphatic heterocycles. The van der Waals surface area contributed by atoms with Crippen molar-refractivity contribution in [2.24, 2.45) is 0 Å². The van der Waals surface area contributed by atoms with Crippen LogP contribution in [0.3, 0.4) is 0 Å². The summed E-state index contributed by atoms with van der Waals surface area (Å²) in [6.45, 7) is 3.91. The number of carbonyl (C=O) groups is 1. The molecule has 2 nitrogen and oxygen atoms in total. The van der Waals surface area contributed by atoms with Crippen molar-refractivity contribution in [3.05, 3.63) is 59.9 Å². The first-order valence-corrected chi connectivity index (χ1v) is 5.35. The third-order valence-electron chi connectivity index (χ3n) is 2.92. The number of benzene rings is 1. The summed E-state index contributed by atoms with van der Waals surface area (Å²) in [5.41, 5.74) is 1.29. The van der Waals surface area contributed by atoms with Crippen LogP contribution in [-0.2, 0) is 5.41 Å². The topological polar surface area (TPSA) is 32.9 Å². The highest BCUT2D eigenvalue weighted by molar-refractivity contribution is 6.03. The van der Waals surface area contributed by atoms with Gasteiger partial charge in [0.15, 0.2) is 5.78 Å². The first-order chi connectivity index (χ1) is 7.62. The molecule has 1 aromatic heterocycles. The quantitative estimate of drug-likeness (QED) is 0.780. The molecule has 0 amide bonds. The maximum absolute atomic E-state index is 12.3. The van der Waals surface area contributed by atoms with E-state index in [-0.39, 0.29) is 5.78 Å². The lowest BCUT2D eigenvalue weighted by atomic mass is 9.78. The number of aromatic nitrogens is 1. The summed E-state index contributed by atoms with van der Waals surface area (Å²) in [5.74, 6) is 0.139. The number of Topliss-reactive ketones (excluding diaryl/α,β-unsaturated/α-hetero) is 1. The van der Waals surface area contributed by atoms with Gasteiger partial charge in [0.05, 0.1) is 5.41 Å². The van der Waals surface area contributed by atoms with Crippen LogP contribution in [0.25, 0.3) is 0 Å². The minimum absolute atomic E-state index is 0.139. The summed E-state index contributed by atoms with van der Waals surface area (Å²) in [6, 6.07) is 11.7. The summed E-state index contributed by atoms with van der Waals surface area (Å²) in [6.07, 6.45) is 3.52. The Morgan fingerprint density at radius 2 is 1.81 bits per heavy atom. The number of hydrogen-bond donors (Lipinski definition) is 1. The second-order valence-electron chi connectivity index (χ2n) is 4.42. The van der Waals surface area contributed by atoms with Crippen LogP contribution in [0.1, 0.15) is 29.8 Å². The van der Waals surface area contributed by atoms with E-state index in [0.717, 1.165) is 11.1 Å². The molecule has 82 valence electrons. The molecule has 0 saturated carbocycles. The highest BCUT2D eigenvalue weighted by Gasteiger charge is 2.30. The molecule has 1 N–H and O–H groups in total. The van der Waals surface area contributed by atoms with Crippen LogP contribution < -0.4 is 0 Å². The maximum atomic E-state index is 12.3. The largest absolute Gasteiger partial charge is 0.367 e. The minimum atomic E-state index is -0.483. The SMILES string of the molecule is CC(C)(C(=O)c1cc[nH]c1)c1ccccc1. The molecule has 0 radical (unpaired) electrons. The van der Waals surface area contributed by atoms with Crippen molar-refractivity contribution in [3.63, 3.8) is 0 Å². The Hall–Kier alpha value is -1.83. The van der Waals surface area contributed by atoms with E-state index in [0.29, 0.717) is 0 Å². The van der Waals surface area contributed by atoms with E-state index >= 15 is 0 Å². The van der Waals surface area contributed by atoms with E-state index in [1.165, 1.54) is 0 Å². The number of ketones is 1. The molecule has 0 fully saturated rings. The lowest BCUT2D eigenvalue weighted by Crippen LogP contribution is -2.28. The number of hydrogen-bond acceptors (Lipinski definition) is 1. The van der Waals surface area contributed by atoms with E-state index in [2.05, 4.69) is 4.98 Å². The van der Waals surface area contributed by atoms with Crippen molar-refractivity contribution in [2.75, 3.05) is 0 Å². The van der Waals surface area contributed by atoms with Crippen LogP contribution in [0.2, 0.25) is 0 Å². The second kappa shape index (κ2) is 3.97. The van der Waals surface area contributed by atoms with Gasteiger partial charge in [-0.3, -0.25) is 4.79 Å². The Bertz CT molecular complexity index is 469. The number of nitrogens with one attached hydrogen (secondary N) is 1. The average Bonchev–Trinajstić information content (AvgIpc) is 2.82. The molecular formula is C14H15NO. The maximum Gasteiger partial charge on any atom is 0.174 e. The van der Waals surface area contributed by atoms with Crippen LogP contribution in [0.5, 0.6) is 0 Å². The summed E-state index contributed by atoms with van der Waals surface area (Å²) in [4.78, 5) is 15.2. The first kappa shape index (κ1) is 10.7. The summed E-state index contributed by atoms with van der Waals surface area (Å²) in [7, 11) is 0. The van der Waals surface area contributed by atoms with Crippen LogP contribution in [0.15, 0.2) is 48.8 Å². The Kier molecular flexibility index (Phi) is 2.65. The molecule has 1 heterocycles. The third-order valence-corrected chi connectivity index (χ3v) is 2.92. The fourth-order valence-electron chi connectivity index (χ4n) is 1.81. The summed E-state index contributed by atoms with van der Waals surface area (Å²) in [5, 5.41) is 0. The zero-order chi connectivity index (χ0) is 11.6. The lowest BCUT2D eigenvalue weighted by Gasteiger charge is -2.23. The molecule has 0 bridgehead atoms. The van der Waals surface area contributed by atoms with Crippen molar-refractivity contribution in [2.45, 2.75) is 19.3 Å². The van der Waals surface area contributed by atoms with E-state index in [1.807, 2.05) is 50.2 Å². The standard InChI is InChI=1S/C14H15NO/c1-14(2,12-6-4-3-5-7-12)13(16)11-8-9-15-10-11/h3-10,15H,1-2H3. The fraction of sp³-hybridized carbons (Fsp3) is 0.214. The Balaban J connectivity index is 2.36. The number of H-pyrrole nitrogens is 1.